The van der Waals surface area contributed by atoms with Crippen molar-refractivity contribution >= 4 is 10.1 Å². The van der Waals surface area contributed by atoms with E-state index in [9.17, 15) is 0 Å². The van der Waals surface area contributed by atoms with Gasteiger partial charge in [0.1, 0.15) is 0 Å². The monoisotopic (exact) mass is 271 g/mol. The first-order chi connectivity index (χ1) is 6.52. The van der Waals surface area contributed by atoms with Crippen LogP contribution in [-0.2, 0) is 15.1 Å². The Morgan fingerprint density at radius 1 is 0.714 bits per heavy atom. The molecule has 0 aliphatic rings. The number of likely N-dealkylation sites (N-methyl/N-ethyl adjacent to an activating group) is 3. The zero-order valence-corrected chi connectivity index (χ0v) is 11.5. The molecule has 0 saturated carbocycles. The molecule has 3 nitrogen and oxygen atoms in total. The molecule has 0 N–H and O–H groups in total. The molecule has 92 valence electrons. The van der Waals surface area contributed by atoms with Crippen molar-refractivity contribution in [1.29, 1.82) is 0 Å². The molecule has 0 aromatic heterocycles. The van der Waals surface area contributed by atoms with E-state index in [0.717, 1.165) is 26.2 Å². The summed E-state index contributed by atoms with van der Waals surface area (Å²) in [5, 5.41) is 0. The number of hydrogen-bond donors (Lipinski definition) is 0. The van der Waals surface area contributed by atoms with Crippen LogP contribution in [0, 0.1) is 0 Å². The molecule has 0 heterocycles. The van der Waals surface area contributed by atoms with Gasteiger partial charge in [-0.1, -0.05) is 0 Å². The van der Waals surface area contributed by atoms with Gasteiger partial charge in [0.05, 0.1) is 0 Å². The second kappa shape index (κ2) is 11.8. The van der Waals surface area contributed by atoms with E-state index in [2.05, 4.69) is 75.1 Å². The molecule has 0 aromatic rings. The Hall–Kier alpha value is 0.689. The van der Waals surface area contributed by atoms with Crippen molar-refractivity contribution in [3.05, 3.63) is 0 Å². The third-order valence-electron chi connectivity index (χ3n) is 1.86. The average molecular weight is 272 g/mol. The molecule has 14 heavy (non-hydrogen) atoms. The number of halogens is 1. The molecule has 0 saturated heterocycles. The van der Waals surface area contributed by atoms with Gasteiger partial charge in [-0.05, 0) is 35.2 Å². The van der Waals surface area contributed by atoms with Crippen LogP contribution in [0.25, 0.3) is 0 Å². The van der Waals surface area contributed by atoms with E-state index in [1.165, 1.54) is 0 Å². The van der Waals surface area contributed by atoms with Crippen molar-refractivity contribution in [1.82, 2.24) is 14.7 Å². The van der Waals surface area contributed by atoms with Gasteiger partial charge in [0.25, 0.3) is 0 Å². The fourth-order valence-electron chi connectivity index (χ4n) is 0.853. The maximum absolute atomic E-state index is 4.20. The quantitative estimate of drug-likeness (QED) is 0.660. The second-order valence-corrected chi connectivity index (χ2v) is 3.91. The molecule has 0 aromatic carbocycles. The second-order valence-electron chi connectivity index (χ2n) is 3.91. The molecule has 0 spiro atoms. The van der Waals surface area contributed by atoms with Crippen molar-refractivity contribution < 1.29 is 15.1 Å². The molecule has 0 atom stereocenters. The maximum atomic E-state index is 4.20. The summed E-state index contributed by atoms with van der Waals surface area (Å²) in [4.78, 5) is 6.79. The Morgan fingerprint density at radius 3 is 1.21 bits per heavy atom. The number of hydrogen-bond acceptors (Lipinski definition) is 3. The van der Waals surface area contributed by atoms with Crippen LogP contribution in [0.1, 0.15) is 0 Å². The van der Waals surface area contributed by atoms with Gasteiger partial charge in [0.2, 0.25) is 0 Å². The van der Waals surface area contributed by atoms with Gasteiger partial charge in [-0.25, -0.2) is 0 Å². The molecule has 0 fully saturated rings. The zero-order valence-electron chi connectivity index (χ0n) is 9.85. The molecule has 0 unspecified atom stereocenters. The van der Waals surface area contributed by atoms with E-state index in [1.54, 1.807) is 0 Å². The summed E-state index contributed by atoms with van der Waals surface area (Å²) in [5.41, 5.74) is 0. The molecular weight excluding hydrogens is 249 g/mol. The Kier molecular flexibility index (Phi) is 14.4. The summed E-state index contributed by atoms with van der Waals surface area (Å²) in [5.74, 6) is 0. The minimum atomic E-state index is 1.14. The van der Waals surface area contributed by atoms with Gasteiger partial charge in [-0.3, -0.25) is 0 Å². The Labute approximate surface area is 101 Å². The third kappa shape index (κ3) is 15.2. The van der Waals surface area contributed by atoms with Gasteiger partial charge in [0.15, 0.2) is 0 Å². The van der Waals surface area contributed by atoms with E-state index in [0.29, 0.717) is 0 Å². The molecule has 0 aliphatic carbocycles. The Balaban J connectivity index is 0. The average Bonchev–Trinajstić information content (AvgIpc) is 2.14. The van der Waals surface area contributed by atoms with E-state index in [-0.39, 0.29) is 0 Å². The summed E-state index contributed by atoms with van der Waals surface area (Å²) >= 11 is 3.66. The summed E-state index contributed by atoms with van der Waals surface area (Å²) in [6, 6.07) is 0. The first-order valence-corrected chi connectivity index (χ1v) is 5.91. The number of rotatable bonds is 6. The standard InChI is InChI=1S/C9H23N3.ClH.Cu/c1-10(2)6-8-12(5)9-7-11(3)4;;/h6-9H2,1-5H3;1H;/q;;+1/p-1. The van der Waals surface area contributed by atoms with Crippen LogP contribution in [-0.4, -0.2) is 76.1 Å². The molecule has 0 radical (unpaired) electrons. The number of nitrogens with zero attached hydrogens (tertiary/aromatic N) is 3. The van der Waals surface area contributed by atoms with E-state index in [1.807, 2.05) is 0 Å². The van der Waals surface area contributed by atoms with Gasteiger partial charge in [-0.15, -0.1) is 0 Å². The van der Waals surface area contributed by atoms with Crippen LogP contribution in [0.5, 0.6) is 0 Å². The normalized spacial score (nSPS) is 10.8. The molecule has 0 aliphatic heterocycles. The van der Waals surface area contributed by atoms with Crippen LogP contribution >= 0.6 is 10.1 Å². The first kappa shape index (κ1) is 17.1. The van der Waals surface area contributed by atoms with Gasteiger partial charge in [-0.2, -0.15) is 0 Å². The Morgan fingerprint density at radius 2 is 1.00 bits per heavy atom. The molecule has 5 heteroatoms. The SMILES string of the molecule is CN(C)CCN(C)CCN(C)C.[Cl][Cu]. The van der Waals surface area contributed by atoms with Crippen molar-refractivity contribution in [2.45, 2.75) is 0 Å². The van der Waals surface area contributed by atoms with Crippen LogP contribution in [0.15, 0.2) is 0 Å². The zero-order chi connectivity index (χ0) is 11.6. The van der Waals surface area contributed by atoms with E-state index >= 15 is 0 Å². The van der Waals surface area contributed by atoms with Gasteiger partial charge < -0.3 is 14.7 Å². The van der Waals surface area contributed by atoms with Crippen molar-refractivity contribution in [3.63, 3.8) is 0 Å². The Bertz CT molecular complexity index is 100. The van der Waals surface area contributed by atoms with Crippen LogP contribution in [0.2, 0.25) is 0 Å². The predicted octanol–water partition coefficient (Wildman–Crippen LogP) is 0.728. The van der Waals surface area contributed by atoms with Crippen LogP contribution in [0.3, 0.4) is 0 Å². The molecular formula is C9H23ClCuN3. The predicted molar refractivity (Wildman–Crippen MR) is 60.5 cm³/mol. The van der Waals surface area contributed by atoms with Crippen molar-refractivity contribution in [2.24, 2.45) is 0 Å². The first-order valence-electron chi connectivity index (χ1n) is 4.61. The summed E-state index contributed by atoms with van der Waals surface area (Å²) in [6.45, 7) is 4.59. The third-order valence-corrected chi connectivity index (χ3v) is 1.86. The van der Waals surface area contributed by atoms with E-state index in [4.69, 9.17) is 0 Å². The summed E-state index contributed by atoms with van der Waals surface area (Å²) in [7, 11) is 14.8. The van der Waals surface area contributed by atoms with Gasteiger partial charge >= 0.3 is 25.2 Å². The minimum absolute atomic E-state index is 1.14. The van der Waals surface area contributed by atoms with E-state index < -0.39 is 0 Å². The molecule has 0 rings (SSSR count). The molecule has 0 bridgehead atoms. The van der Waals surface area contributed by atoms with Crippen LogP contribution < -0.4 is 0 Å². The fourth-order valence-corrected chi connectivity index (χ4v) is 0.853. The van der Waals surface area contributed by atoms with Crippen molar-refractivity contribution in [2.75, 3.05) is 61.4 Å². The summed E-state index contributed by atoms with van der Waals surface area (Å²) < 4.78 is 0. The molecule has 0 amide bonds. The fraction of sp³-hybridized carbons (Fsp3) is 1.00. The summed E-state index contributed by atoms with van der Waals surface area (Å²) in [6.07, 6.45) is 0. The van der Waals surface area contributed by atoms with Crippen LogP contribution in [0.4, 0.5) is 0 Å². The van der Waals surface area contributed by atoms with Gasteiger partial charge in [0, 0.05) is 26.2 Å². The topological polar surface area (TPSA) is 9.72 Å². The van der Waals surface area contributed by atoms with Crippen molar-refractivity contribution in [3.8, 4) is 0 Å².